The van der Waals surface area contributed by atoms with E-state index in [0.29, 0.717) is 49.3 Å². The second-order valence-corrected chi connectivity index (χ2v) is 14.6. The lowest BCUT2D eigenvalue weighted by Gasteiger charge is -2.35. The van der Waals surface area contributed by atoms with Gasteiger partial charge in [0.25, 0.3) is 0 Å². The van der Waals surface area contributed by atoms with Gasteiger partial charge in [0.15, 0.2) is 0 Å². The van der Waals surface area contributed by atoms with Crippen molar-refractivity contribution in [3.8, 4) is 5.88 Å². The molecule has 0 saturated carbocycles. The zero-order valence-electron chi connectivity index (χ0n) is 30.0. The molecule has 3 aromatic rings. The van der Waals surface area contributed by atoms with E-state index in [1.165, 1.54) is 11.0 Å². The first-order valence-electron chi connectivity index (χ1n) is 16.6. The third-order valence-electron chi connectivity index (χ3n) is 7.98. The lowest BCUT2D eigenvalue weighted by atomic mass is 10.0. The normalized spacial score (nSPS) is 14.5. The van der Waals surface area contributed by atoms with Crippen LogP contribution < -0.4 is 24.8 Å². The number of ether oxygens (including phenoxy) is 3. The Balaban J connectivity index is 1.34. The highest BCUT2D eigenvalue weighted by Gasteiger charge is 2.33. The average molecular weight is 678 g/mol. The van der Waals surface area contributed by atoms with Crippen LogP contribution in [0, 0.1) is 12.7 Å². The molecule has 0 aliphatic carbocycles. The fraction of sp³-hybridized carbons (Fsp3) is 0.500. The molecule has 13 heteroatoms. The Morgan fingerprint density at radius 2 is 1.76 bits per heavy atom. The predicted molar refractivity (Wildman–Crippen MR) is 189 cm³/mol. The van der Waals surface area contributed by atoms with Gasteiger partial charge in [-0.1, -0.05) is 6.07 Å². The van der Waals surface area contributed by atoms with Crippen molar-refractivity contribution in [2.75, 3.05) is 66.9 Å². The summed E-state index contributed by atoms with van der Waals surface area (Å²) >= 11 is 0. The zero-order chi connectivity index (χ0) is 35.7. The molecule has 2 aromatic heterocycles. The number of hydrogen-bond acceptors (Lipinski definition) is 10. The molecule has 5 rings (SSSR count). The highest BCUT2D eigenvalue weighted by Crippen LogP contribution is 2.40. The summed E-state index contributed by atoms with van der Waals surface area (Å²) in [5.74, 6) is 0.415. The molecule has 0 spiro atoms. The quantitative estimate of drug-likeness (QED) is 0.291. The molecule has 1 N–H and O–H groups in total. The number of pyridine rings is 2. The van der Waals surface area contributed by atoms with E-state index < -0.39 is 29.2 Å². The maximum absolute atomic E-state index is 15.6. The molecule has 12 nitrogen and oxygen atoms in total. The van der Waals surface area contributed by atoms with Crippen molar-refractivity contribution in [2.45, 2.75) is 72.6 Å². The van der Waals surface area contributed by atoms with E-state index in [-0.39, 0.29) is 12.2 Å². The topological polar surface area (TPSA) is 113 Å². The number of aromatic nitrogens is 2. The van der Waals surface area contributed by atoms with Crippen LogP contribution >= 0.6 is 0 Å². The van der Waals surface area contributed by atoms with Crippen molar-refractivity contribution in [1.29, 1.82) is 0 Å². The van der Waals surface area contributed by atoms with Gasteiger partial charge in [-0.3, -0.25) is 9.80 Å². The molecule has 2 aliphatic heterocycles. The summed E-state index contributed by atoms with van der Waals surface area (Å²) in [5.41, 5.74) is 3.65. The van der Waals surface area contributed by atoms with Crippen LogP contribution in [0.3, 0.4) is 0 Å². The molecule has 0 atom stereocenters. The molecule has 2 aliphatic rings. The highest BCUT2D eigenvalue weighted by molar-refractivity contribution is 5.92. The smallest absolute Gasteiger partial charge is 0.415 e. The Kier molecular flexibility index (Phi) is 10.2. The molecule has 0 bridgehead atoms. The van der Waals surface area contributed by atoms with Crippen LogP contribution in [0.2, 0.25) is 0 Å². The minimum Gasteiger partial charge on any atom is -0.474 e. The summed E-state index contributed by atoms with van der Waals surface area (Å²) in [5, 5.41) is 3.22. The monoisotopic (exact) mass is 677 g/mol. The van der Waals surface area contributed by atoms with Crippen molar-refractivity contribution >= 4 is 40.8 Å². The van der Waals surface area contributed by atoms with Gasteiger partial charge in [-0.15, -0.1) is 0 Å². The van der Waals surface area contributed by atoms with Crippen LogP contribution in [0.4, 0.5) is 42.5 Å². The number of nitrogens with one attached hydrogen (secondary N) is 1. The summed E-state index contributed by atoms with van der Waals surface area (Å²) in [7, 11) is 3.78. The second-order valence-electron chi connectivity index (χ2n) is 14.6. The van der Waals surface area contributed by atoms with Gasteiger partial charge in [-0.2, -0.15) is 0 Å². The first kappa shape index (κ1) is 35.7. The fourth-order valence-electron chi connectivity index (χ4n) is 5.71. The number of likely N-dealkylation sites (N-methyl/N-ethyl adjacent to an activating group) is 1. The first-order valence-corrected chi connectivity index (χ1v) is 16.6. The Morgan fingerprint density at radius 1 is 1.02 bits per heavy atom. The molecular weight excluding hydrogens is 629 g/mol. The van der Waals surface area contributed by atoms with E-state index in [9.17, 15) is 9.59 Å². The molecule has 0 radical (unpaired) electrons. The van der Waals surface area contributed by atoms with Crippen molar-refractivity contribution in [2.24, 2.45) is 0 Å². The summed E-state index contributed by atoms with van der Waals surface area (Å²) in [4.78, 5) is 42.6. The molecule has 0 fully saturated rings. The highest BCUT2D eigenvalue weighted by atomic mass is 19.1. The number of rotatable bonds is 7. The van der Waals surface area contributed by atoms with Gasteiger partial charge in [0.1, 0.15) is 35.1 Å². The van der Waals surface area contributed by atoms with Crippen LogP contribution in [0.5, 0.6) is 5.88 Å². The Labute approximate surface area is 288 Å². The first-order chi connectivity index (χ1) is 23.0. The SMILES string of the molecule is Cc1c(N2CCc3ccc(Nc4ccc(N(CCN(C)C)C(=O)OC(C)(C)C)c(F)c4)nc3C2)cnc2c1N(C(=O)OC(C)(C)C)CCO2. The van der Waals surface area contributed by atoms with Gasteiger partial charge in [-0.05, 0) is 98.8 Å². The van der Waals surface area contributed by atoms with Crippen molar-refractivity contribution in [3.63, 3.8) is 0 Å². The summed E-state index contributed by atoms with van der Waals surface area (Å²) in [6.45, 7) is 15.6. The zero-order valence-corrected chi connectivity index (χ0v) is 30.0. The Hall–Kier alpha value is -4.65. The predicted octanol–water partition coefficient (Wildman–Crippen LogP) is 6.67. The van der Waals surface area contributed by atoms with Gasteiger partial charge in [0.2, 0.25) is 5.88 Å². The molecule has 49 heavy (non-hydrogen) atoms. The van der Waals surface area contributed by atoms with Gasteiger partial charge in [-0.25, -0.2) is 23.9 Å². The summed E-state index contributed by atoms with van der Waals surface area (Å²) in [6, 6.07) is 8.57. The maximum Gasteiger partial charge on any atom is 0.415 e. The Morgan fingerprint density at radius 3 is 2.43 bits per heavy atom. The van der Waals surface area contributed by atoms with E-state index >= 15 is 4.39 Å². The number of carbonyl (C=O) groups is 2. The maximum atomic E-state index is 15.6. The van der Waals surface area contributed by atoms with E-state index in [1.54, 1.807) is 44.0 Å². The molecule has 4 heterocycles. The average Bonchev–Trinajstić information content (AvgIpc) is 3.00. The van der Waals surface area contributed by atoms with Gasteiger partial charge in [0, 0.05) is 30.9 Å². The van der Waals surface area contributed by atoms with E-state index in [4.69, 9.17) is 19.2 Å². The van der Waals surface area contributed by atoms with Crippen LogP contribution in [0.1, 0.15) is 58.4 Å². The third-order valence-corrected chi connectivity index (χ3v) is 7.98. The van der Waals surface area contributed by atoms with Crippen molar-refractivity contribution in [3.05, 3.63) is 59.2 Å². The number of nitrogens with zero attached hydrogens (tertiary/aromatic N) is 6. The van der Waals surface area contributed by atoms with Crippen molar-refractivity contribution < 1.29 is 28.2 Å². The van der Waals surface area contributed by atoms with Crippen LogP contribution in [-0.4, -0.2) is 85.1 Å². The lowest BCUT2D eigenvalue weighted by Crippen LogP contribution is -2.42. The number of benzene rings is 1. The lowest BCUT2D eigenvalue weighted by molar-refractivity contribution is 0.0560. The molecule has 0 unspecified atom stereocenters. The van der Waals surface area contributed by atoms with Gasteiger partial charge >= 0.3 is 12.2 Å². The van der Waals surface area contributed by atoms with Crippen LogP contribution in [-0.2, 0) is 22.4 Å². The van der Waals surface area contributed by atoms with E-state index in [1.807, 2.05) is 58.8 Å². The van der Waals surface area contributed by atoms with E-state index in [2.05, 4.69) is 15.2 Å². The fourth-order valence-corrected chi connectivity index (χ4v) is 5.71. The summed E-state index contributed by atoms with van der Waals surface area (Å²) < 4.78 is 32.6. The number of fused-ring (bicyclic) bond motifs is 2. The minimum absolute atomic E-state index is 0.139. The molecule has 0 saturated heterocycles. The van der Waals surface area contributed by atoms with Crippen LogP contribution in [0.15, 0.2) is 36.5 Å². The van der Waals surface area contributed by atoms with Crippen molar-refractivity contribution in [1.82, 2.24) is 14.9 Å². The number of halogens is 1. The molecule has 2 amide bonds. The molecule has 1 aromatic carbocycles. The molecular formula is C36H48FN7O5. The largest absolute Gasteiger partial charge is 0.474 e. The Bertz CT molecular complexity index is 1700. The number of hydrogen-bond donors (Lipinski definition) is 1. The van der Waals surface area contributed by atoms with Gasteiger partial charge < -0.3 is 29.3 Å². The molecule has 264 valence electrons. The van der Waals surface area contributed by atoms with Gasteiger partial charge in [0.05, 0.1) is 36.4 Å². The second kappa shape index (κ2) is 14.1. The minimum atomic E-state index is -0.719. The third kappa shape index (κ3) is 8.69. The van der Waals surface area contributed by atoms with Crippen LogP contribution in [0.25, 0.3) is 0 Å². The number of amides is 2. The number of carbonyl (C=O) groups excluding carboxylic acids is 2. The van der Waals surface area contributed by atoms with E-state index in [0.717, 1.165) is 35.5 Å². The standard InChI is InChI=1S/C36H48FN7O5/c1-23-29(21-38-32-31(23)44(18-19-47-32)34(46)49-36(5,6)7)42-15-14-24-10-13-30(40-27(24)22-42)39-25-11-12-28(26(37)20-25)43(17-16-41(8)9)33(45)48-35(2,3)4/h10-13,20-21H,14-19,22H2,1-9H3,(H,39,40). The summed E-state index contributed by atoms with van der Waals surface area (Å²) in [6.07, 6.45) is 1.51. The number of anilines is 5.